The molecule has 4 N–H and O–H groups in total. The second kappa shape index (κ2) is 9.61. The van der Waals surface area contributed by atoms with Gasteiger partial charge in [-0.2, -0.15) is 18.3 Å². The van der Waals surface area contributed by atoms with Gasteiger partial charge in [-0.15, -0.1) is 0 Å². The monoisotopic (exact) mass is 498 g/mol. The number of imidazole rings is 1. The predicted molar refractivity (Wildman–Crippen MR) is 128 cm³/mol. The van der Waals surface area contributed by atoms with Crippen molar-refractivity contribution in [1.29, 1.82) is 0 Å². The Hall–Kier alpha value is -3.93. The molecule has 0 radical (unpaired) electrons. The molecule has 9 nitrogen and oxygen atoms in total. The lowest BCUT2D eigenvalue weighted by molar-refractivity contribution is -0.140. The van der Waals surface area contributed by atoms with Gasteiger partial charge in [-0.25, -0.2) is 9.97 Å². The minimum Gasteiger partial charge on any atom is -0.349 e. The second-order valence-electron chi connectivity index (χ2n) is 8.62. The number of halogens is 3. The molecular weight excluding hydrogens is 473 g/mol. The van der Waals surface area contributed by atoms with Crippen LogP contribution in [0.25, 0.3) is 16.9 Å². The molecule has 3 aromatic heterocycles. The van der Waals surface area contributed by atoms with Gasteiger partial charge in [0.1, 0.15) is 5.69 Å². The van der Waals surface area contributed by atoms with E-state index in [2.05, 4.69) is 31.0 Å². The maximum absolute atomic E-state index is 13.4. The number of carbonyl (C=O) groups excluding carboxylic acids is 1. The van der Waals surface area contributed by atoms with E-state index in [1.54, 1.807) is 18.3 Å². The van der Waals surface area contributed by atoms with Crippen LogP contribution < -0.4 is 16.0 Å². The molecule has 1 amide bonds. The number of H-pyrrole nitrogens is 1. The maximum atomic E-state index is 13.4. The normalized spacial score (nSPS) is 14.8. The number of nitrogens with one attached hydrogen (secondary N) is 4. The van der Waals surface area contributed by atoms with Crippen LogP contribution in [0.2, 0.25) is 0 Å². The molecule has 1 fully saturated rings. The Kier molecular flexibility index (Phi) is 6.35. The van der Waals surface area contributed by atoms with Crippen LogP contribution in [-0.4, -0.2) is 49.6 Å². The Morgan fingerprint density at radius 3 is 2.75 bits per heavy atom. The molecule has 1 aliphatic rings. The summed E-state index contributed by atoms with van der Waals surface area (Å²) in [6.07, 6.45) is 3.38. The van der Waals surface area contributed by atoms with E-state index >= 15 is 0 Å². The number of nitrogens with zero attached hydrogens (tertiary/aromatic N) is 4. The number of fused-ring (bicyclic) bond motifs is 1. The van der Waals surface area contributed by atoms with E-state index in [1.807, 2.05) is 18.1 Å². The van der Waals surface area contributed by atoms with Crippen molar-refractivity contribution in [2.75, 3.05) is 18.4 Å². The number of hydrogen-bond acceptors (Lipinski definition) is 6. The van der Waals surface area contributed by atoms with Crippen molar-refractivity contribution in [3.63, 3.8) is 0 Å². The lowest BCUT2D eigenvalue weighted by Crippen LogP contribution is -2.42. The molecule has 5 rings (SSSR count). The van der Waals surface area contributed by atoms with E-state index in [4.69, 9.17) is 0 Å². The molecule has 4 heterocycles. The average Bonchev–Trinajstić information content (AvgIpc) is 3.52. The van der Waals surface area contributed by atoms with Crippen molar-refractivity contribution >= 4 is 23.1 Å². The quantitative estimate of drug-likeness (QED) is 0.321. The Labute approximate surface area is 204 Å². The fourth-order valence-electron chi connectivity index (χ4n) is 4.45. The summed E-state index contributed by atoms with van der Waals surface area (Å²) in [5, 5.41) is 15.2. The first-order chi connectivity index (χ1) is 17.3. The molecule has 1 aromatic carbocycles. The Morgan fingerprint density at radius 1 is 1.19 bits per heavy atom. The topological polar surface area (TPSA) is 112 Å². The van der Waals surface area contributed by atoms with Crippen LogP contribution in [-0.2, 0) is 12.6 Å². The van der Waals surface area contributed by atoms with Crippen molar-refractivity contribution in [3.8, 4) is 11.3 Å². The fourth-order valence-corrected chi connectivity index (χ4v) is 4.45. The van der Waals surface area contributed by atoms with Crippen molar-refractivity contribution in [2.24, 2.45) is 0 Å². The van der Waals surface area contributed by atoms with Gasteiger partial charge in [0.25, 0.3) is 5.91 Å². The molecule has 0 aliphatic carbocycles. The number of benzene rings is 1. The number of aryl methyl sites for hydroxylation is 1. The zero-order valence-corrected chi connectivity index (χ0v) is 19.5. The highest BCUT2D eigenvalue weighted by molar-refractivity contribution is 5.96. The van der Waals surface area contributed by atoms with Gasteiger partial charge in [-0.1, -0.05) is 6.92 Å². The number of hydrogen-bond donors (Lipinski definition) is 4. The molecule has 1 saturated heterocycles. The first kappa shape index (κ1) is 23.8. The first-order valence-corrected chi connectivity index (χ1v) is 11.7. The summed E-state index contributed by atoms with van der Waals surface area (Å²) in [6.45, 7) is 3.75. The number of piperidine rings is 1. The first-order valence-electron chi connectivity index (χ1n) is 11.7. The van der Waals surface area contributed by atoms with Crippen molar-refractivity contribution in [1.82, 2.24) is 35.2 Å². The van der Waals surface area contributed by atoms with Crippen LogP contribution >= 0.6 is 0 Å². The zero-order chi connectivity index (χ0) is 25.3. The van der Waals surface area contributed by atoms with E-state index in [0.29, 0.717) is 29.1 Å². The Balaban J connectivity index is 1.41. The molecule has 36 heavy (non-hydrogen) atoms. The third kappa shape index (κ3) is 4.63. The van der Waals surface area contributed by atoms with Gasteiger partial charge in [0, 0.05) is 29.7 Å². The van der Waals surface area contributed by atoms with E-state index < -0.39 is 11.9 Å². The third-order valence-corrected chi connectivity index (χ3v) is 6.29. The Bertz CT molecular complexity index is 1390. The number of carbonyl (C=O) groups is 1. The van der Waals surface area contributed by atoms with E-state index in [1.165, 1.54) is 16.8 Å². The molecule has 12 heteroatoms. The van der Waals surface area contributed by atoms with Gasteiger partial charge in [0.15, 0.2) is 11.5 Å². The molecule has 0 bridgehead atoms. The molecule has 0 atom stereocenters. The highest BCUT2D eigenvalue weighted by Gasteiger charge is 2.36. The summed E-state index contributed by atoms with van der Waals surface area (Å²) in [5.41, 5.74) is 1.72. The van der Waals surface area contributed by atoms with E-state index in [-0.39, 0.29) is 23.2 Å². The minimum atomic E-state index is -4.58. The standard InChI is InChI=1S/C24H25F3N8O/c1-2-14-11-16(3-4-17(14)23(36)33-15-5-7-28-8-6-15)32-21-22-30-13-19(35(22)10-9-29-21)18-12-31-34-20(18)24(25,26)27/h3-4,9-13,15,28H,2,5-8H2,1H3,(H,29,32)(H,31,34)(H,33,36). The minimum absolute atomic E-state index is 0.0935. The molecule has 0 spiro atoms. The zero-order valence-electron chi connectivity index (χ0n) is 19.5. The van der Waals surface area contributed by atoms with Crippen molar-refractivity contribution in [2.45, 2.75) is 38.4 Å². The smallest absolute Gasteiger partial charge is 0.349 e. The highest BCUT2D eigenvalue weighted by Crippen LogP contribution is 2.36. The van der Waals surface area contributed by atoms with Gasteiger partial charge < -0.3 is 16.0 Å². The van der Waals surface area contributed by atoms with Crippen molar-refractivity contribution < 1.29 is 18.0 Å². The summed E-state index contributed by atoms with van der Waals surface area (Å²) >= 11 is 0. The predicted octanol–water partition coefficient (Wildman–Crippen LogP) is 3.93. The molecule has 0 saturated carbocycles. The number of aromatic amines is 1. The average molecular weight is 499 g/mol. The van der Waals surface area contributed by atoms with Gasteiger partial charge in [-0.3, -0.25) is 14.3 Å². The summed E-state index contributed by atoms with van der Waals surface area (Å²) in [6, 6.07) is 5.59. The molecule has 188 valence electrons. The number of amides is 1. The summed E-state index contributed by atoms with van der Waals surface area (Å²) in [5.74, 6) is 0.277. The summed E-state index contributed by atoms with van der Waals surface area (Å²) in [7, 11) is 0. The van der Waals surface area contributed by atoms with Crippen LogP contribution in [0.4, 0.5) is 24.7 Å². The number of aromatic nitrogens is 5. The number of anilines is 2. The maximum Gasteiger partial charge on any atom is 0.433 e. The number of rotatable bonds is 6. The third-order valence-electron chi connectivity index (χ3n) is 6.29. The Morgan fingerprint density at radius 2 is 2.00 bits per heavy atom. The SMILES string of the molecule is CCc1cc(Nc2nccn3c(-c4cn[nH]c4C(F)(F)F)cnc23)ccc1C(=O)NC1CCNCC1. The summed E-state index contributed by atoms with van der Waals surface area (Å²) in [4.78, 5) is 21.5. The van der Waals surface area contributed by atoms with Crippen LogP contribution in [0.1, 0.15) is 41.4 Å². The molecule has 0 unspecified atom stereocenters. The van der Waals surface area contributed by atoms with Crippen LogP contribution in [0, 0.1) is 0 Å². The van der Waals surface area contributed by atoms with E-state index in [9.17, 15) is 18.0 Å². The van der Waals surface area contributed by atoms with Gasteiger partial charge >= 0.3 is 6.18 Å². The highest BCUT2D eigenvalue weighted by atomic mass is 19.4. The van der Waals surface area contributed by atoms with Gasteiger partial charge in [0.2, 0.25) is 0 Å². The fraction of sp³-hybridized carbons (Fsp3) is 0.333. The van der Waals surface area contributed by atoms with Gasteiger partial charge in [0.05, 0.1) is 23.7 Å². The van der Waals surface area contributed by atoms with Crippen LogP contribution in [0.3, 0.4) is 0 Å². The van der Waals surface area contributed by atoms with Crippen LogP contribution in [0.5, 0.6) is 0 Å². The lowest BCUT2D eigenvalue weighted by atomic mass is 10.0. The molecule has 4 aromatic rings. The lowest BCUT2D eigenvalue weighted by Gasteiger charge is -2.24. The van der Waals surface area contributed by atoms with E-state index in [0.717, 1.165) is 37.7 Å². The largest absolute Gasteiger partial charge is 0.433 e. The van der Waals surface area contributed by atoms with Crippen molar-refractivity contribution in [3.05, 3.63) is 59.8 Å². The molecular formula is C24H25F3N8O. The van der Waals surface area contributed by atoms with Crippen LogP contribution in [0.15, 0.2) is 43.0 Å². The van der Waals surface area contributed by atoms with Gasteiger partial charge in [-0.05, 0) is 56.1 Å². The summed E-state index contributed by atoms with van der Waals surface area (Å²) < 4.78 is 41.7. The second-order valence-corrected chi connectivity index (χ2v) is 8.62. The number of alkyl halides is 3. The molecule has 1 aliphatic heterocycles.